The molecule has 4 heteroatoms. The van der Waals surface area contributed by atoms with E-state index in [2.05, 4.69) is 165 Å². The van der Waals surface area contributed by atoms with E-state index in [1.54, 1.807) is 0 Å². The first-order valence-electron chi connectivity index (χ1n) is 15.7. The molecule has 0 spiro atoms. The smallest absolute Gasteiger partial charge is 0.137 e. The summed E-state index contributed by atoms with van der Waals surface area (Å²) < 4.78 is 14.0. The molecule has 0 fully saturated rings. The van der Waals surface area contributed by atoms with Crippen LogP contribution in [0.25, 0.3) is 93.6 Å². The van der Waals surface area contributed by atoms with Gasteiger partial charge < -0.3 is 18.1 Å². The zero-order chi connectivity index (χ0) is 29.9. The van der Waals surface area contributed by atoms with E-state index < -0.39 is 0 Å². The first kappa shape index (κ1) is 24.1. The van der Waals surface area contributed by atoms with Gasteiger partial charge in [-0.1, -0.05) is 66.7 Å². The monoisotopic (exact) mass is 587 g/mol. The van der Waals surface area contributed by atoms with Crippen LogP contribution < -0.4 is 0 Å². The van der Waals surface area contributed by atoms with Gasteiger partial charge in [0.15, 0.2) is 0 Å². The number of aromatic nitrogens is 3. The second kappa shape index (κ2) is 8.68. The average Bonchev–Trinajstić information content (AvgIpc) is 3.71. The Morgan fingerprint density at radius 3 is 1.39 bits per heavy atom. The van der Waals surface area contributed by atoms with Gasteiger partial charge in [-0.15, -0.1) is 0 Å². The largest absolute Gasteiger partial charge is 0.456 e. The molecule has 0 saturated carbocycles. The molecule has 0 unspecified atom stereocenters. The molecule has 0 aliphatic rings. The summed E-state index contributed by atoms with van der Waals surface area (Å²) in [6.07, 6.45) is 0. The lowest BCUT2D eigenvalue weighted by atomic mass is 10.1. The Balaban J connectivity index is 1.29. The molecule has 0 radical (unpaired) electrons. The lowest BCUT2D eigenvalue weighted by Crippen LogP contribution is -1.96. The van der Waals surface area contributed by atoms with Crippen molar-refractivity contribution >= 4 is 76.6 Å². The minimum atomic E-state index is 0.894. The van der Waals surface area contributed by atoms with Crippen LogP contribution in [0.2, 0.25) is 0 Å². The number of benzene rings is 7. The first-order valence-corrected chi connectivity index (χ1v) is 15.7. The summed E-state index contributed by atoms with van der Waals surface area (Å²) in [5.41, 5.74) is 12.3. The maximum atomic E-state index is 6.81. The van der Waals surface area contributed by atoms with Crippen LogP contribution in [-0.4, -0.2) is 13.7 Å². The summed E-state index contributed by atoms with van der Waals surface area (Å²) in [5.74, 6) is 0. The molecular formula is C42H25N3O. The van der Waals surface area contributed by atoms with E-state index in [0.29, 0.717) is 0 Å². The van der Waals surface area contributed by atoms with Gasteiger partial charge in [0.05, 0.1) is 43.9 Å². The van der Waals surface area contributed by atoms with E-state index >= 15 is 0 Å². The van der Waals surface area contributed by atoms with Gasteiger partial charge in [-0.3, -0.25) is 0 Å². The Hall–Kier alpha value is -6.26. The summed E-state index contributed by atoms with van der Waals surface area (Å²) in [6, 6.07) is 54.3. The highest BCUT2D eigenvalue weighted by molar-refractivity contribution is 6.34. The number of hydrogen-bond acceptors (Lipinski definition) is 1. The first-order chi connectivity index (χ1) is 22.8. The van der Waals surface area contributed by atoms with Crippen LogP contribution in [-0.2, 0) is 0 Å². The Bertz CT molecular complexity index is 2950. The van der Waals surface area contributed by atoms with Gasteiger partial charge in [-0.25, -0.2) is 0 Å². The molecule has 0 saturated heterocycles. The fourth-order valence-electron chi connectivity index (χ4n) is 8.01. The second-order valence-corrected chi connectivity index (χ2v) is 12.2. The second-order valence-electron chi connectivity index (χ2n) is 12.2. The zero-order valence-corrected chi connectivity index (χ0v) is 24.7. The van der Waals surface area contributed by atoms with Crippen LogP contribution >= 0.6 is 0 Å². The van der Waals surface area contributed by atoms with E-state index in [1.807, 2.05) is 0 Å². The molecule has 11 rings (SSSR count). The van der Waals surface area contributed by atoms with E-state index in [9.17, 15) is 0 Å². The van der Waals surface area contributed by atoms with Gasteiger partial charge in [0.1, 0.15) is 11.2 Å². The maximum absolute atomic E-state index is 6.81. The van der Waals surface area contributed by atoms with E-state index in [4.69, 9.17) is 4.42 Å². The van der Waals surface area contributed by atoms with Crippen LogP contribution in [0, 0.1) is 0 Å². The highest BCUT2D eigenvalue weighted by Gasteiger charge is 2.25. The maximum Gasteiger partial charge on any atom is 0.137 e. The van der Waals surface area contributed by atoms with Gasteiger partial charge in [0, 0.05) is 38.6 Å². The molecule has 46 heavy (non-hydrogen) atoms. The molecule has 0 N–H and O–H groups in total. The summed E-state index contributed by atoms with van der Waals surface area (Å²) in [4.78, 5) is 0. The quantitative estimate of drug-likeness (QED) is 0.202. The molecule has 4 heterocycles. The minimum absolute atomic E-state index is 0.894. The average molecular weight is 588 g/mol. The van der Waals surface area contributed by atoms with Crippen molar-refractivity contribution in [2.75, 3.05) is 0 Å². The SMILES string of the molecule is c1ccc(-n2c3ccccc3c3cc(-n4c5cccc6oc7cccc8c7c7c(c65)c4ccc7n8-c4ccccc4)ccc32)cc1. The van der Waals surface area contributed by atoms with Crippen molar-refractivity contribution in [2.45, 2.75) is 0 Å². The van der Waals surface area contributed by atoms with Crippen molar-refractivity contribution < 1.29 is 4.42 Å². The van der Waals surface area contributed by atoms with Gasteiger partial charge in [-0.2, -0.15) is 0 Å². The third-order valence-corrected chi connectivity index (χ3v) is 9.80. The number of rotatable bonds is 3. The van der Waals surface area contributed by atoms with Crippen molar-refractivity contribution in [1.82, 2.24) is 13.7 Å². The molecule has 0 aliphatic heterocycles. The lowest BCUT2D eigenvalue weighted by molar-refractivity contribution is 0.664. The Morgan fingerprint density at radius 1 is 0.304 bits per heavy atom. The van der Waals surface area contributed by atoms with Crippen molar-refractivity contribution in [2.24, 2.45) is 0 Å². The summed E-state index contributed by atoms with van der Waals surface area (Å²) in [6.45, 7) is 0. The normalized spacial score (nSPS) is 12.3. The molecule has 4 nitrogen and oxygen atoms in total. The zero-order valence-electron chi connectivity index (χ0n) is 24.7. The minimum Gasteiger partial charge on any atom is -0.456 e. The molecule has 0 amide bonds. The fourth-order valence-corrected chi connectivity index (χ4v) is 8.01. The summed E-state index contributed by atoms with van der Waals surface area (Å²) >= 11 is 0. The lowest BCUT2D eigenvalue weighted by Gasteiger charge is -2.11. The molecule has 0 bridgehead atoms. The number of para-hydroxylation sites is 3. The van der Waals surface area contributed by atoms with Crippen LogP contribution in [0.1, 0.15) is 0 Å². The number of fused-ring (bicyclic) bond motifs is 3. The van der Waals surface area contributed by atoms with E-state index in [0.717, 1.165) is 50.0 Å². The molecule has 214 valence electrons. The highest BCUT2D eigenvalue weighted by Crippen LogP contribution is 2.46. The Kier molecular flexibility index (Phi) is 4.55. The third-order valence-electron chi connectivity index (χ3n) is 9.80. The molecule has 0 aliphatic carbocycles. The molecule has 7 aromatic carbocycles. The summed E-state index contributed by atoms with van der Waals surface area (Å²) in [7, 11) is 0. The fraction of sp³-hybridized carbons (Fsp3) is 0. The third kappa shape index (κ3) is 2.98. The Labute approximate surface area is 262 Å². The standard InChI is InChI=1S/C42H25N3O/c1-3-11-26(12-4-1)43-31-16-8-7-15-29(31)30-25-28(21-22-32(30)43)45-34-18-10-20-38-40(34)42-36(45)24-23-35-41(42)39-33(17-9-19-37(39)46-38)44(35)27-13-5-2-6-14-27/h1-25H. The molecule has 4 aromatic heterocycles. The van der Waals surface area contributed by atoms with Gasteiger partial charge in [-0.05, 0) is 84.9 Å². The van der Waals surface area contributed by atoms with Gasteiger partial charge in [0.25, 0.3) is 0 Å². The molecule has 0 atom stereocenters. The Morgan fingerprint density at radius 2 is 0.761 bits per heavy atom. The van der Waals surface area contributed by atoms with Crippen LogP contribution in [0.4, 0.5) is 0 Å². The van der Waals surface area contributed by atoms with E-state index in [-0.39, 0.29) is 0 Å². The summed E-state index contributed by atoms with van der Waals surface area (Å²) in [5, 5.41) is 7.26. The van der Waals surface area contributed by atoms with Crippen molar-refractivity contribution in [3.05, 3.63) is 152 Å². The van der Waals surface area contributed by atoms with Crippen molar-refractivity contribution in [3.63, 3.8) is 0 Å². The topological polar surface area (TPSA) is 27.9 Å². The highest BCUT2D eigenvalue weighted by atomic mass is 16.3. The van der Waals surface area contributed by atoms with Crippen LogP contribution in [0.5, 0.6) is 0 Å². The number of hydrogen-bond donors (Lipinski definition) is 0. The van der Waals surface area contributed by atoms with Crippen molar-refractivity contribution in [1.29, 1.82) is 0 Å². The number of nitrogens with zero attached hydrogens (tertiary/aromatic N) is 3. The molecular weight excluding hydrogens is 562 g/mol. The predicted octanol–water partition coefficient (Wildman–Crippen LogP) is 11.2. The van der Waals surface area contributed by atoms with Crippen LogP contribution in [0.3, 0.4) is 0 Å². The molecule has 11 aromatic rings. The van der Waals surface area contributed by atoms with Gasteiger partial charge in [0.2, 0.25) is 0 Å². The predicted molar refractivity (Wildman–Crippen MR) is 190 cm³/mol. The van der Waals surface area contributed by atoms with E-state index in [1.165, 1.54) is 43.6 Å². The van der Waals surface area contributed by atoms with Gasteiger partial charge >= 0.3 is 0 Å². The van der Waals surface area contributed by atoms with Crippen LogP contribution in [0.15, 0.2) is 156 Å². The van der Waals surface area contributed by atoms with Crippen molar-refractivity contribution in [3.8, 4) is 17.1 Å².